The Morgan fingerprint density at radius 1 is 1.08 bits per heavy atom. The second kappa shape index (κ2) is 14.7. The second-order valence-electron chi connectivity index (χ2n) is 14.0. The number of hydrogen-bond donors (Lipinski definition) is 2. The van der Waals surface area contributed by atoms with Crippen molar-refractivity contribution in [1.82, 2.24) is 44.9 Å². The molecular formula is C35H45N11O4. The first-order valence-corrected chi connectivity index (χ1v) is 17.6. The number of rotatable bonds is 13. The quantitative estimate of drug-likeness (QED) is 0.204. The van der Waals surface area contributed by atoms with Crippen LogP contribution in [0.25, 0.3) is 11.1 Å². The van der Waals surface area contributed by atoms with E-state index in [9.17, 15) is 10.4 Å². The van der Waals surface area contributed by atoms with Crippen molar-refractivity contribution >= 4 is 11.6 Å². The monoisotopic (exact) mass is 683 g/mol. The molecule has 1 unspecified atom stereocenters. The van der Waals surface area contributed by atoms with E-state index < -0.39 is 5.60 Å². The van der Waals surface area contributed by atoms with Gasteiger partial charge in [-0.3, -0.25) is 9.58 Å². The predicted octanol–water partition coefficient (Wildman–Crippen LogP) is 4.30. The molecule has 4 heterocycles. The molecular weight excluding hydrogens is 638 g/mol. The van der Waals surface area contributed by atoms with E-state index in [1.807, 2.05) is 29.9 Å². The first kappa shape index (κ1) is 33.8. The van der Waals surface area contributed by atoms with Crippen LogP contribution in [0.15, 0.2) is 43.1 Å². The van der Waals surface area contributed by atoms with Gasteiger partial charge in [0.1, 0.15) is 29.9 Å². The van der Waals surface area contributed by atoms with Gasteiger partial charge in [0.2, 0.25) is 5.95 Å². The lowest BCUT2D eigenvalue weighted by Gasteiger charge is -2.42. The Kier molecular flexibility index (Phi) is 9.93. The second-order valence-corrected chi connectivity index (χ2v) is 14.0. The Morgan fingerprint density at radius 3 is 2.50 bits per heavy atom. The van der Waals surface area contributed by atoms with Crippen molar-refractivity contribution in [3.05, 3.63) is 48.7 Å². The molecule has 2 aliphatic carbocycles. The zero-order valence-electron chi connectivity index (χ0n) is 28.9. The highest BCUT2D eigenvalue weighted by molar-refractivity contribution is 5.67. The van der Waals surface area contributed by atoms with Gasteiger partial charge in [0.05, 0.1) is 48.8 Å². The third kappa shape index (κ3) is 8.20. The summed E-state index contributed by atoms with van der Waals surface area (Å²) in [6.45, 7) is 9.00. The summed E-state index contributed by atoms with van der Waals surface area (Å²) in [6.07, 6.45) is 13.7. The molecule has 0 bridgehead atoms. The highest BCUT2D eigenvalue weighted by Crippen LogP contribution is 2.39. The third-order valence-electron chi connectivity index (χ3n) is 9.83. The zero-order valence-corrected chi connectivity index (χ0v) is 28.9. The average molecular weight is 684 g/mol. The van der Waals surface area contributed by atoms with Gasteiger partial charge in [0.15, 0.2) is 0 Å². The summed E-state index contributed by atoms with van der Waals surface area (Å²) in [5.74, 6) is 1.34. The van der Waals surface area contributed by atoms with Crippen LogP contribution in [0, 0.1) is 11.3 Å². The summed E-state index contributed by atoms with van der Waals surface area (Å²) in [7, 11) is 0. The number of nitriles is 1. The summed E-state index contributed by atoms with van der Waals surface area (Å²) in [5, 5.41) is 39.4. The van der Waals surface area contributed by atoms with Crippen LogP contribution in [0.5, 0.6) is 11.6 Å². The van der Waals surface area contributed by atoms with Gasteiger partial charge in [-0.05, 0) is 87.4 Å². The van der Waals surface area contributed by atoms with Crippen LogP contribution in [-0.2, 0) is 11.3 Å². The van der Waals surface area contributed by atoms with E-state index in [1.54, 1.807) is 23.1 Å². The van der Waals surface area contributed by atoms with Gasteiger partial charge in [-0.2, -0.15) is 5.26 Å². The molecule has 1 saturated heterocycles. The Hall–Kier alpha value is -4.65. The number of morpholine rings is 1. The van der Waals surface area contributed by atoms with Crippen molar-refractivity contribution < 1.29 is 19.3 Å². The summed E-state index contributed by atoms with van der Waals surface area (Å²) >= 11 is 0. The summed E-state index contributed by atoms with van der Waals surface area (Å²) < 4.78 is 21.8. The van der Waals surface area contributed by atoms with Gasteiger partial charge in [-0.1, -0.05) is 6.07 Å². The van der Waals surface area contributed by atoms with Gasteiger partial charge in [0, 0.05) is 43.5 Å². The van der Waals surface area contributed by atoms with Crippen molar-refractivity contribution in [2.45, 2.75) is 108 Å². The number of anilines is 2. The average Bonchev–Trinajstić information content (AvgIpc) is 3.43. The number of hydrogen-bond acceptors (Lipinski definition) is 13. The largest absolute Gasteiger partial charge is 0.487 e. The molecule has 3 aliphatic rings. The van der Waals surface area contributed by atoms with Crippen LogP contribution in [0.1, 0.15) is 77.3 Å². The molecule has 0 radical (unpaired) electrons. The predicted molar refractivity (Wildman–Crippen MR) is 183 cm³/mol. The molecule has 15 heteroatoms. The number of ether oxygens (including phenoxy) is 3. The first-order chi connectivity index (χ1) is 24.2. The fourth-order valence-corrected chi connectivity index (χ4v) is 7.03. The topological polar surface area (TPSA) is 174 Å². The minimum absolute atomic E-state index is 0.263. The fourth-order valence-electron chi connectivity index (χ4n) is 7.03. The van der Waals surface area contributed by atoms with E-state index in [0.29, 0.717) is 54.4 Å². The van der Waals surface area contributed by atoms with Gasteiger partial charge in [-0.15, -0.1) is 10.2 Å². The molecule has 1 aliphatic heterocycles. The molecule has 2 saturated carbocycles. The van der Waals surface area contributed by atoms with Crippen LogP contribution < -0.4 is 14.8 Å². The lowest BCUT2D eigenvalue weighted by atomic mass is 9.89. The molecule has 0 spiro atoms. The van der Waals surface area contributed by atoms with E-state index in [1.165, 1.54) is 6.33 Å². The van der Waals surface area contributed by atoms with Crippen molar-refractivity contribution in [3.63, 3.8) is 0 Å². The Labute approximate surface area is 291 Å². The Morgan fingerprint density at radius 2 is 1.82 bits per heavy atom. The van der Waals surface area contributed by atoms with E-state index in [-0.39, 0.29) is 24.4 Å². The third-order valence-corrected chi connectivity index (χ3v) is 9.83. The first-order valence-electron chi connectivity index (χ1n) is 17.6. The number of benzene rings is 1. The minimum atomic E-state index is -0.606. The van der Waals surface area contributed by atoms with E-state index in [2.05, 4.69) is 55.6 Å². The molecule has 50 heavy (non-hydrogen) atoms. The van der Waals surface area contributed by atoms with Gasteiger partial charge < -0.3 is 24.6 Å². The molecule has 2 N–H and O–H groups in total. The normalized spacial score (nSPS) is 23.9. The lowest BCUT2D eigenvalue weighted by Crippen LogP contribution is -2.51. The number of aromatic nitrogens is 8. The number of tetrazole rings is 1. The van der Waals surface area contributed by atoms with Gasteiger partial charge in [-0.25, -0.2) is 14.6 Å². The summed E-state index contributed by atoms with van der Waals surface area (Å²) in [6, 6.07) is 8.42. The van der Waals surface area contributed by atoms with E-state index in [0.717, 1.165) is 62.7 Å². The van der Waals surface area contributed by atoms with Crippen LogP contribution in [0.3, 0.4) is 0 Å². The maximum absolute atomic E-state index is 10.4. The lowest BCUT2D eigenvalue weighted by molar-refractivity contribution is -0.0852. The SMILES string of the molecule is CC(Cn1cnnn1)Oc1cc(-c2cnc(Nc3cn(C4CCC(N5C[C@@H](C)O[C@@H](C)C5)CC4)nc3OCCC3(O)CC3)nc2)ccc1C#N. The van der Waals surface area contributed by atoms with E-state index >= 15 is 0 Å². The molecule has 7 rings (SSSR count). The molecule has 0 amide bonds. The van der Waals surface area contributed by atoms with Crippen molar-refractivity contribution in [2.24, 2.45) is 0 Å². The minimum Gasteiger partial charge on any atom is -0.487 e. The summed E-state index contributed by atoms with van der Waals surface area (Å²) in [5.41, 5.74) is 2.08. The van der Waals surface area contributed by atoms with Crippen LogP contribution >= 0.6 is 0 Å². The van der Waals surface area contributed by atoms with Gasteiger partial charge >= 0.3 is 0 Å². The van der Waals surface area contributed by atoms with E-state index in [4.69, 9.17) is 19.3 Å². The fraction of sp³-hybridized carbons (Fsp3) is 0.571. The number of aliphatic hydroxyl groups is 1. The molecule has 264 valence electrons. The standard InChI is InChI=1S/C35H45N11O4/c1-23-18-44(19-24(2)49-23)29-6-8-30(9-7-29)46-21-31(33(41-46)48-13-12-35(47)10-11-35)40-34-37-16-28(17-38-34)26-4-5-27(15-36)32(14-26)50-25(3)20-45-22-39-42-43-45/h4-5,14,16-17,21-25,29-30,47H,6-13,18-20H2,1-3H3,(H,37,38,40)/t23-,24+,25?,29?,30?. The maximum atomic E-state index is 10.4. The van der Waals surface area contributed by atoms with Crippen LogP contribution in [0.4, 0.5) is 11.6 Å². The highest BCUT2D eigenvalue weighted by atomic mass is 16.5. The Balaban J connectivity index is 1.03. The molecule has 15 nitrogen and oxygen atoms in total. The maximum Gasteiger partial charge on any atom is 0.256 e. The molecule has 1 aromatic carbocycles. The zero-order chi connectivity index (χ0) is 34.7. The van der Waals surface area contributed by atoms with Gasteiger partial charge in [0.25, 0.3) is 5.88 Å². The Bertz CT molecular complexity index is 1750. The summed E-state index contributed by atoms with van der Waals surface area (Å²) in [4.78, 5) is 11.8. The van der Waals surface area contributed by atoms with Crippen molar-refractivity contribution in [2.75, 3.05) is 25.0 Å². The number of nitrogens with zero attached hydrogens (tertiary/aromatic N) is 10. The molecule has 3 atom stereocenters. The number of nitrogens with one attached hydrogen (secondary N) is 1. The van der Waals surface area contributed by atoms with Crippen molar-refractivity contribution in [3.8, 4) is 28.8 Å². The molecule has 3 aromatic heterocycles. The molecule has 4 aromatic rings. The van der Waals surface area contributed by atoms with Crippen LogP contribution in [-0.4, -0.2) is 99.6 Å². The smallest absolute Gasteiger partial charge is 0.256 e. The van der Waals surface area contributed by atoms with Crippen molar-refractivity contribution in [1.29, 1.82) is 5.26 Å². The highest BCUT2D eigenvalue weighted by Gasteiger charge is 2.40. The van der Waals surface area contributed by atoms with Crippen LogP contribution in [0.2, 0.25) is 0 Å². The molecule has 3 fully saturated rings.